The fourth-order valence-corrected chi connectivity index (χ4v) is 1.52. The summed E-state index contributed by atoms with van der Waals surface area (Å²) in [6, 6.07) is 0. The van der Waals surface area contributed by atoms with Gasteiger partial charge in [-0.15, -0.1) is 5.06 Å². The molecule has 2 amide bonds. The number of nitrogens with zero attached hydrogens (tertiary/aromatic N) is 1. The van der Waals surface area contributed by atoms with Gasteiger partial charge in [-0.1, -0.05) is 0 Å². The highest BCUT2D eigenvalue weighted by molar-refractivity contribution is 7.51. The minimum atomic E-state index is -4.28. The first-order chi connectivity index (χ1) is 7.29. The summed E-state index contributed by atoms with van der Waals surface area (Å²) < 4.78 is 10.4. The van der Waals surface area contributed by atoms with Crippen LogP contribution in [0.3, 0.4) is 0 Å². The Morgan fingerprint density at radius 3 is 2.25 bits per heavy atom. The number of amides is 2. The molecule has 0 aromatic rings. The van der Waals surface area contributed by atoms with E-state index in [0.717, 1.165) is 0 Å². The Hall–Kier alpha value is -1.24. The molecular weight excluding hydrogens is 241 g/mol. The van der Waals surface area contributed by atoms with Crippen LogP contribution in [0.25, 0.3) is 0 Å². The van der Waals surface area contributed by atoms with E-state index in [9.17, 15) is 18.9 Å². The van der Waals surface area contributed by atoms with Gasteiger partial charge in [-0.05, 0) is 0 Å². The number of carbonyl (C=O) groups is 3. The van der Waals surface area contributed by atoms with E-state index in [4.69, 9.17) is 9.79 Å². The number of hydroxylamine groups is 2. The van der Waals surface area contributed by atoms with Crippen molar-refractivity contribution in [2.75, 3.05) is 6.16 Å². The third kappa shape index (κ3) is 3.73. The fourth-order valence-electron chi connectivity index (χ4n) is 1.04. The van der Waals surface area contributed by atoms with E-state index in [1.54, 1.807) is 0 Å². The molecule has 90 valence electrons. The second kappa shape index (κ2) is 4.73. The normalized spacial score (nSPS) is 16.8. The Kier molecular flexibility index (Phi) is 3.79. The predicted octanol–water partition coefficient (Wildman–Crippen LogP) is -0.839. The van der Waals surface area contributed by atoms with Gasteiger partial charge in [0.1, 0.15) is 0 Å². The number of hydrogen-bond donors (Lipinski definition) is 2. The zero-order valence-electron chi connectivity index (χ0n) is 8.16. The molecule has 0 aliphatic carbocycles. The van der Waals surface area contributed by atoms with Crippen LogP contribution in [0.5, 0.6) is 0 Å². The van der Waals surface area contributed by atoms with Gasteiger partial charge in [0, 0.05) is 12.8 Å². The number of rotatable bonds is 4. The second-order valence-electron chi connectivity index (χ2n) is 3.18. The maximum Gasteiger partial charge on any atom is 0.333 e. The minimum absolute atomic E-state index is 0.0232. The Bertz CT molecular complexity index is 357. The van der Waals surface area contributed by atoms with Gasteiger partial charge in [0.25, 0.3) is 11.8 Å². The van der Waals surface area contributed by atoms with Crippen molar-refractivity contribution < 1.29 is 33.6 Å². The first-order valence-electron chi connectivity index (χ1n) is 4.41. The summed E-state index contributed by atoms with van der Waals surface area (Å²) >= 11 is 0. The van der Waals surface area contributed by atoms with Crippen LogP contribution in [0.1, 0.15) is 19.3 Å². The zero-order chi connectivity index (χ0) is 12.3. The first-order valence-corrected chi connectivity index (χ1v) is 6.20. The van der Waals surface area contributed by atoms with Crippen LogP contribution in [0, 0.1) is 0 Å². The van der Waals surface area contributed by atoms with Gasteiger partial charge >= 0.3 is 13.6 Å². The van der Waals surface area contributed by atoms with Crippen LogP contribution in [-0.2, 0) is 23.8 Å². The molecule has 0 unspecified atom stereocenters. The van der Waals surface area contributed by atoms with Crippen LogP contribution in [0.15, 0.2) is 0 Å². The van der Waals surface area contributed by atoms with E-state index in [-0.39, 0.29) is 12.8 Å². The van der Waals surface area contributed by atoms with Crippen LogP contribution in [-0.4, -0.2) is 38.8 Å². The van der Waals surface area contributed by atoms with Gasteiger partial charge in [-0.3, -0.25) is 14.2 Å². The Morgan fingerprint density at radius 2 is 1.81 bits per heavy atom. The Labute approximate surface area is 90.3 Å². The maximum absolute atomic E-state index is 11.0. The van der Waals surface area contributed by atoms with Crippen molar-refractivity contribution in [3.05, 3.63) is 0 Å². The highest BCUT2D eigenvalue weighted by Gasteiger charge is 2.33. The molecule has 0 aromatic heterocycles. The van der Waals surface area contributed by atoms with Gasteiger partial charge in [-0.25, -0.2) is 4.79 Å². The molecule has 0 aromatic carbocycles. The van der Waals surface area contributed by atoms with Gasteiger partial charge in [0.05, 0.1) is 12.6 Å². The number of carbonyl (C=O) groups excluding carboxylic acids is 3. The Balaban J connectivity index is 2.43. The molecule has 1 heterocycles. The highest BCUT2D eigenvalue weighted by atomic mass is 31.2. The largest absolute Gasteiger partial charge is 0.333 e. The molecule has 9 heteroatoms. The standard InChI is InChI=1S/C7H10NO7P/c9-5-1-2-6(10)8(5)15-7(11)3-4-16(12,13)14/h1-4H2,(H2,12,13,14). The van der Waals surface area contributed by atoms with Crippen LogP contribution in [0.4, 0.5) is 0 Å². The average molecular weight is 251 g/mol. The molecule has 0 saturated carbocycles. The molecule has 1 saturated heterocycles. The van der Waals surface area contributed by atoms with Gasteiger partial charge in [-0.2, -0.15) is 0 Å². The van der Waals surface area contributed by atoms with Crippen molar-refractivity contribution in [1.82, 2.24) is 5.06 Å². The third-order valence-corrected chi connectivity index (χ3v) is 2.61. The van der Waals surface area contributed by atoms with E-state index in [1.165, 1.54) is 0 Å². The number of imide groups is 1. The lowest BCUT2D eigenvalue weighted by Gasteiger charge is -2.12. The lowest BCUT2D eigenvalue weighted by Crippen LogP contribution is -2.32. The third-order valence-electron chi connectivity index (χ3n) is 1.81. The molecule has 2 N–H and O–H groups in total. The Morgan fingerprint density at radius 1 is 1.31 bits per heavy atom. The molecule has 1 fully saturated rings. The van der Waals surface area contributed by atoms with E-state index < -0.39 is 38.0 Å². The van der Waals surface area contributed by atoms with Crippen molar-refractivity contribution in [1.29, 1.82) is 0 Å². The second-order valence-corrected chi connectivity index (χ2v) is 4.96. The first kappa shape index (κ1) is 12.8. The van der Waals surface area contributed by atoms with Crippen LogP contribution >= 0.6 is 7.60 Å². The monoisotopic (exact) mass is 251 g/mol. The molecule has 0 atom stereocenters. The van der Waals surface area contributed by atoms with Crippen molar-refractivity contribution in [3.63, 3.8) is 0 Å². The summed E-state index contributed by atoms with van der Waals surface area (Å²) in [5.74, 6) is -2.28. The number of hydrogen-bond acceptors (Lipinski definition) is 5. The van der Waals surface area contributed by atoms with E-state index in [2.05, 4.69) is 4.84 Å². The van der Waals surface area contributed by atoms with E-state index in [1.807, 2.05) is 0 Å². The highest BCUT2D eigenvalue weighted by Crippen LogP contribution is 2.34. The van der Waals surface area contributed by atoms with Gasteiger partial charge in [0.2, 0.25) is 0 Å². The summed E-state index contributed by atoms with van der Waals surface area (Å²) in [4.78, 5) is 54.4. The molecule has 1 aliphatic heterocycles. The summed E-state index contributed by atoms with van der Waals surface area (Å²) in [5, 5.41) is 0.335. The lowest BCUT2D eigenvalue weighted by molar-refractivity contribution is -0.197. The maximum atomic E-state index is 11.0. The zero-order valence-corrected chi connectivity index (χ0v) is 9.05. The van der Waals surface area contributed by atoms with Gasteiger partial charge in [0.15, 0.2) is 0 Å². The van der Waals surface area contributed by atoms with E-state index >= 15 is 0 Å². The minimum Gasteiger partial charge on any atom is -0.330 e. The summed E-state index contributed by atoms with van der Waals surface area (Å²) in [7, 11) is -4.28. The fraction of sp³-hybridized carbons (Fsp3) is 0.571. The molecule has 1 aliphatic rings. The van der Waals surface area contributed by atoms with Crippen molar-refractivity contribution >= 4 is 25.4 Å². The summed E-state index contributed by atoms with van der Waals surface area (Å²) in [5.41, 5.74) is 0. The smallest absolute Gasteiger partial charge is 0.330 e. The van der Waals surface area contributed by atoms with Crippen molar-refractivity contribution in [2.24, 2.45) is 0 Å². The molecule has 1 rings (SSSR count). The quantitative estimate of drug-likeness (QED) is 0.493. The molecule has 0 spiro atoms. The van der Waals surface area contributed by atoms with Crippen LogP contribution in [0.2, 0.25) is 0 Å². The molecule has 16 heavy (non-hydrogen) atoms. The molecule has 0 radical (unpaired) electrons. The topological polar surface area (TPSA) is 121 Å². The summed E-state index contributed by atoms with van der Waals surface area (Å²) in [6.07, 6.45) is -1.28. The van der Waals surface area contributed by atoms with Crippen molar-refractivity contribution in [2.45, 2.75) is 19.3 Å². The van der Waals surface area contributed by atoms with Gasteiger partial charge < -0.3 is 14.6 Å². The SMILES string of the molecule is O=C(CCP(=O)(O)O)ON1C(=O)CCC1=O. The summed E-state index contributed by atoms with van der Waals surface area (Å²) in [6.45, 7) is 0. The lowest BCUT2D eigenvalue weighted by atomic mass is 10.4. The predicted molar refractivity (Wildman–Crippen MR) is 48.7 cm³/mol. The molecular formula is C7H10NO7P. The molecule has 0 bridgehead atoms. The van der Waals surface area contributed by atoms with E-state index in [0.29, 0.717) is 5.06 Å². The average Bonchev–Trinajstić information content (AvgIpc) is 2.45. The van der Waals surface area contributed by atoms with Crippen LogP contribution < -0.4 is 0 Å². The van der Waals surface area contributed by atoms with Crippen molar-refractivity contribution in [3.8, 4) is 0 Å². The molecule has 8 nitrogen and oxygen atoms in total.